The van der Waals surface area contributed by atoms with Crippen LogP contribution in [0.5, 0.6) is 0 Å². The Morgan fingerprint density at radius 3 is 2.29 bits per heavy atom. The molecule has 0 bridgehead atoms. The van der Waals surface area contributed by atoms with Crippen LogP contribution in [0.15, 0.2) is 23.3 Å². The predicted molar refractivity (Wildman–Crippen MR) is 93.9 cm³/mol. The summed E-state index contributed by atoms with van der Waals surface area (Å²) >= 11 is 11.7. The van der Waals surface area contributed by atoms with E-state index in [1.807, 2.05) is 21.1 Å². The number of halogens is 3. The average molecular weight is 396 g/mol. The van der Waals surface area contributed by atoms with Crippen molar-refractivity contribution in [1.29, 1.82) is 0 Å². The summed E-state index contributed by atoms with van der Waals surface area (Å²) in [6.45, 7) is 1.97. The number of hydrogen-bond donors (Lipinski definition) is 2. The summed E-state index contributed by atoms with van der Waals surface area (Å²) in [4.78, 5) is 23.6. The molecule has 0 saturated heterocycles. The zero-order valence-electron chi connectivity index (χ0n) is 14.0. The number of nitrogens with one attached hydrogen (secondary N) is 2. The van der Waals surface area contributed by atoms with Crippen molar-refractivity contribution in [3.63, 3.8) is 0 Å². The summed E-state index contributed by atoms with van der Waals surface area (Å²) in [5, 5.41) is 7.39. The van der Waals surface area contributed by atoms with Crippen molar-refractivity contribution in [3.8, 4) is 0 Å². The third kappa shape index (κ3) is 9.08. The van der Waals surface area contributed by atoms with E-state index in [-0.39, 0.29) is 30.6 Å². The van der Waals surface area contributed by atoms with E-state index in [1.54, 1.807) is 25.1 Å². The summed E-state index contributed by atoms with van der Waals surface area (Å²) in [5.74, 6) is -0.466. The molecule has 6 nitrogen and oxygen atoms in total. The van der Waals surface area contributed by atoms with Crippen molar-refractivity contribution in [2.45, 2.75) is 13.3 Å². The molecule has 0 atom stereocenters. The summed E-state index contributed by atoms with van der Waals surface area (Å²) in [6, 6.07) is 4.82. The molecule has 0 saturated carbocycles. The number of nitrogens with zero attached hydrogens (tertiary/aromatic N) is 2. The number of hydrazone groups is 1. The van der Waals surface area contributed by atoms with Crippen LogP contribution in [0.1, 0.15) is 13.3 Å². The third-order valence-corrected chi connectivity index (χ3v) is 3.35. The number of amides is 2. The minimum atomic E-state index is -0.259. The molecule has 1 aromatic rings. The summed E-state index contributed by atoms with van der Waals surface area (Å²) in [6.07, 6.45) is 0.0604. The SMILES string of the molecule is C/C(CC(=O)Nc1ccc(Cl)c(Cl)c1)=N\NC(=O)C[N+](C)(C)C.[Cl-]. The highest BCUT2D eigenvalue weighted by Crippen LogP contribution is 2.24. The lowest BCUT2D eigenvalue weighted by molar-refractivity contribution is -0.862. The number of carbonyl (C=O) groups is 2. The first-order valence-corrected chi connectivity index (χ1v) is 7.70. The normalized spacial score (nSPS) is 11.5. The molecule has 0 radical (unpaired) electrons. The summed E-state index contributed by atoms with van der Waals surface area (Å²) in [7, 11) is 5.71. The molecule has 0 aromatic heterocycles. The van der Waals surface area contributed by atoms with Crippen LogP contribution in [-0.4, -0.2) is 49.7 Å². The zero-order chi connectivity index (χ0) is 17.6. The Kier molecular flexibility index (Phi) is 9.29. The summed E-state index contributed by atoms with van der Waals surface area (Å²) < 4.78 is 0.498. The lowest BCUT2D eigenvalue weighted by Gasteiger charge is -2.22. The van der Waals surface area contributed by atoms with Gasteiger partial charge in [-0.3, -0.25) is 9.59 Å². The Balaban J connectivity index is 0.00000529. The minimum Gasteiger partial charge on any atom is -1.00 e. The van der Waals surface area contributed by atoms with Crippen molar-refractivity contribution in [3.05, 3.63) is 28.2 Å². The first kappa shape index (κ1) is 22.7. The maximum atomic E-state index is 11.9. The van der Waals surface area contributed by atoms with E-state index < -0.39 is 0 Å². The van der Waals surface area contributed by atoms with E-state index >= 15 is 0 Å². The van der Waals surface area contributed by atoms with Crippen molar-refractivity contribution in [2.24, 2.45) is 5.10 Å². The molecular weight excluding hydrogens is 375 g/mol. The molecule has 0 aliphatic heterocycles. The maximum Gasteiger partial charge on any atom is 0.295 e. The molecule has 0 heterocycles. The van der Waals surface area contributed by atoms with Crippen LogP contribution in [0.2, 0.25) is 10.0 Å². The number of anilines is 1. The van der Waals surface area contributed by atoms with Gasteiger partial charge >= 0.3 is 0 Å². The van der Waals surface area contributed by atoms with Crippen molar-refractivity contribution in [2.75, 3.05) is 33.0 Å². The van der Waals surface area contributed by atoms with Crippen molar-refractivity contribution >= 4 is 46.4 Å². The van der Waals surface area contributed by atoms with Gasteiger partial charge in [0.25, 0.3) is 5.91 Å². The van der Waals surface area contributed by atoms with E-state index in [0.717, 1.165) is 0 Å². The molecule has 9 heteroatoms. The molecule has 0 fully saturated rings. The van der Waals surface area contributed by atoms with E-state index in [1.165, 1.54) is 0 Å². The minimum absolute atomic E-state index is 0. The fourth-order valence-electron chi connectivity index (χ4n) is 1.67. The molecule has 0 unspecified atom stereocenters. The van der Waals surface area contributed by atoms with Gasteiger partial charge in [-0.2, -0.15) is 5.10 Å². The highest BCUT2D eigenvalue weighted by atomic mass is 35.5. The smallest absolute Gasteiger partial charge is 0.295 e. The van der Waals surface area contributed by atoms with E-state index in [2.05, 4.69) is 15.8 Å². The number of rotatable bonds is 6. The molecule has 0 aliphatic rings. The number of benzene rings is 1. The Bertz CT molecular complexity index is 628. The van der Waals surface area contributed by atoms with E-state index in [0.29, 0.717) is 32.5 Å². The monoisotopic (exact) mass is 394 g/mol. The molecule has 1 aromatic carbocycles. The highest BCUT2D eigenvalue weighted by molar-refractivity contribution is 6.42. The van der Waals surface area contributed by atoms with Crippen LogP contribution in [0, 0.1) is 0 Å². The van der Waals surface area contributed by atoms with Crippen LogP contribution < -0.4 is 23.1 Å². The average Bonchev–Trinajstić information content (AvgIpc) is 2.38. The number of likely N-dealkylation sites (N-methyl/N-ethyl adjacent to an activating group) is 1. The fraction of sp³-hybridized carbons (Fsp3) is 0.400. The third-order valence-electron chi connectivity index (χ3n) is 2.61. The quantitative estimate of drug-likeness (QED) is 0.388. The van der Waals surface area contributed by atoms with Gasteiger partial charge in [0, 0.05) is 11.4 Å². The first-order chi connectivity index (χ1) is 10.6. The van der Waals surface area contributed by atoms with Gasteiger partial charge in [0.2, 0.25) is 5.91 Å². The topological polar surface area (TPSA) is 70.6 Å². The maximum absolute atomic E-state index is 11.9. The number of hydrogen-bond acceptors (Lipinski definition) is 3. The van der Waals surface area contributed by atoms with Crippen LogP contribution >= 0.6 is 23.2 Å². The Labute approximate surface area is 158 Å². The van der Waals surface area contributed by atoms with E-state index in [4.69, 9.17) is 23.2 Å². The molecule has 1 rings (SSSR count). The van der Waals surface area contributed by atoms with Crippen molar-refractivity contribution < 1.29 is 26.5 Å². The van der Waals surface area contributed by atoms with Gasteiger partial charge in [0.1, 0.15) is 0 Å². The Morgan fingerprint density at radius 2 is 1.75 bits per heavy atom. The van der Waals surface area contributed by atoms with Gasteiger partial charge in [-0.1, -0.05) is 23.2 Å². The van der Waals surface area contributed by atoms with Crippen LogP contribution in [0.4, 0.5) is 5.69 Å². The molecule has 134 valence electrons. The van der Waals surface area contributed by atoms with Gasteiger partial charge < -0.3 is 22.2 Å². The Morgan fingerprint density at radius 1 is 1.12 bits per heavy atom. The lowest BCUT2D eigenvalue weighted by atomic mass is 10.2. The standard InChI is InChI=1S/C15H20Cl2N4O2.ClH/c1-10(19-20-15(23)9-21(2,3)4)7-14(22)18-11-5-6-12(16)13(17)8-11;/h5-6,8H,7,9H2,1-4H3,(H-,18,20,22,23);1H/b19-10+;. The second kappa shape index (κ2) is 9.84. The second-order valence-electron chi connectivity index (χ2n) is 6.18. The van der Waals surface area contributed by atoms with E-state index in [9.17, 15) is 9.59 Å². The molecule has 2 N–H and O–H groups in total. The first-order valence-electron chi connectivity index (χ1n) is 6.94. The van der Waals surface area contributed by atoms with Gasteiger partial charge in [-0.15, -0.1) is 0 Å². The van der Waals surface area contributed by atoms with Gasteiger partial charge in [-0.25, -0.2) is 5.43 Å². The van der Waals surface area contributed by atoms with Crippen LogP contribution in [0.25, 0.3) is 0 Å². The highest BCUT2D eigenvalue weighted by Gasteiger charge is 2.13. The molecule has 24 heavy (non-hydrogen) atoms. The van der Waals surface area contributed by atoms with Gasteiger partial charge in [-0.05, 0) is 25.1 Å². The molecule has 0 aliphatic carbocycles. The molecule has 0 spiro atoms. The molecule has 2 amide bonds. The Hall–Kier alpha value is -1.34. The lowest BCUT2D eigenvalue weighted by Crippen LogP contribution is -3.00. The number of carbonyl (C=O) groups excluding carboxylic acids is 2. The van der Waals surface area contributed by atoms with Gasteiger partial charge in [0.15, 0.2) is 6.54 Å². The predicted octanol–water partition coefficient (Wildman–Crippen LogP) is -0.476. The van der Waals surface area contributed by atoms with Crippen LogP contribution in [-0.2, 0) is 9.59 Å². The number of quaternary nitrogens is 1. The largest absolute Gasteiger partial charge is 1.00 e. The van der Waals surface area contributed by atoms with Crippen LogP contribution in [0.3, 0.4) is 0 Å². The van der Waals surface area contributed by atoms with Gasteiger partial charge in [0.05, 0.1) is 37.6 Å². The summed E-state index contributed by atoms with van der Waals surface area (Å²) in [5.41, 5.74) is 3.48. The fourth-order valence-corrected chi connectivity index (χ4v) is 1.97. The second-order valence-corrected chi connectivity index (χ2v) is 7.00. The van der Waals surface area contributed by atoms with Crippen molar-refractivity contribution in [1.82, 2.24) is 5.43 Å². The zero-order valence-corrected chi connectivity index (χ0v) is 16.3. The molecular formula is C15H21Cl3N4O2.